The quantitative estimate of drug-likeness (QED) is 0.807. The fourth-order valence-electron chi connectivity index (χ4n) is 2.46. The Morgan fingerprint density at radius 2 is 2.26 bits per heavy atom. The molecule has 2 heterocycles. The lowest BCUT2D eigenvalue weighted by Crippen LogP contribution is -2.34. The van der Waals surface area contributed by atoms with Crippen molar-refractivity contribution in [3.8, 4) is 0 Å². The number of carbonyl (C=O) groups is 1. The molecule has 0 spiro atoms. The van der Waals surface area contributed by atoms with Gasteiger partial charge in [0, 0.05) is 18.9 Å². The highest BCUT2D eigenvalue weighted by molar-refractivity contribution is 7.99. The van der Waals surface area contributed by atoms with E-state index in [2.05, 4.69) is 21.4 Å². The van der Waals surface area contributed by atoms with Crippen molar-refractivity contribution in [1.29, 1.82) is 0 Å². The molecule has 0 atom stereocenters. The van der Waals surface area contributed by atoms with Gasteiger partial charge in [-0.1, -0.05) is 18.7 Å². The molecule has 0 radical (unpaired) electrons. The highest BCUT2D eigenvalue weighted by atomic mass is 32.2. The van der Waals surface area contributed by atoms with Crippen LogP contribution in [0.3, 0.4) is 0 Å². The van der Waals surface area contributed by atoms with Crippen molar-refractivity contribution < 1.29 is 9.90 Å². The van der Waals surface area contributed by atoms with Crippen LogP contribution < -0.4 is 0 Å². The van der Waals surface area contributed by atoms with E-state index in [1.807, 2.05) is 6.20 Å². The molecule has 0 bridgehead atoms. The Bertz CT molecular complexity index is 414. The topological polar surface area (TPSA) is 58.4 Å². The number of carboxylic acids is 1. The SMILES string of the molecule is CCN1CCC(Cn2ccnc2SCC(=O)O)CC1. The lowest BCUT2D eigenvalue weighted by molar-refractivity contribution is -0.133. The second-order valence-corrected chi connectivity index (χ2v) is 5.86. The Morgan fingerprint density at radius 1 is 1.53 bits per heavy atom. The van der Waals surface area contributed by atoms with E-state index < -0.39 is 5.97 Å². The number of rotatable bonds is 6. The van der Waals surface area contributed by atoms with Crippen LogP contribution in [0, 0.1) is 5.92 Å². The van der Waals surface area contributed by atoms with E-state index in [9.17, 15) is 4.79 Å². The molecule has 1 aliphatic heterocycles. The third kappa shape index (κ3) is 4.24. The molecule has 5 nitrogen and oxygen atoms in total. The minimum Gasteiger partial charge on any atom is -0.481 e. The summed E-state index contributed by atoms with van der Waals surface area (Å²) in [6.07, 6.45) is 6.14. The Labute approximate surface area is 118 Å². The van der Waals surface area contributed by atoms with Gasteiger partial charge in [-0.15, -0.1) is 0 Å². The summed E-state index contributed by atoms with van der Waals surface area (Å²) in [5, 5.41) is 9.54. The highest BCUT2D eigenvalue weighted by Crippen LogP contribution is 2.22. The van der Waals surface area contributed by atoms with Crippen molar-refractivity contribution in [2.45, 2.75) is 31.5 Å². The van der Waals surface area contributed by atoms with Gasteiger partial charge in [0.1, 0.15) is 0 Å². The average Bonchev–Trinajstić information content (AvgIpc) is 2.84. The molecule has 1 N–H and O–H groups in total. The second kappa shape index (κ2) is 6.96. The molecule has 1 saturated heterocycles. The van der Waals surface area contributed by atoms with E-state index >= 15 is 0 Å². The summed E-state index contributed by atoms with van der Waals surface area (Å²) < 4.78 is 2.10. The molecule has 106 valence electrons. The smallest absolute Gasteiger partial charge is 0.313 e. The third-order valence-electron chi connectivity index (χ3n) is 3.61. The van der Waals surface area contributed by atoms with Gasteiger partial charge in [-0.05, 0) is 38.4 Å². The van der Waals surface area contributed by atoms with Gasteiger partial charge in [-0.2, -0.15) is 0 Å². The van der Waals surface area contributed by atoms with E-state index in [0.717, 1.165) is 18.2 Å². The zero-order chi connectivity index (χ0) is 13.7. The molecule has 2 rings (SSSR count). The first-order valence-corrected chi connectivity index (χ1v) is 7.75. The zero-order valence-corrected chi connectivity index (χ0v) is 12.1. The van der Waals surface area contributed by atoms with Crippen molar-refractivity contribution in [3.63, 3.8) is 0 Å². The third-order valence-corrected chi connectivity index (χ3v) is 4.60. The summed E-state index contributed by atoms with van der Waals surface area (Å²) in [7, 11) is 0. The largest absolute Gasteiger partial charge is 0.481 e. The first-order valence-electron chi connectivity index (χ1n) is 6.77. The summed E-state index contributed by atoms with van der Waals surface area (Å²) in [6, 6.07) is 0. The minimum absolute atomic E-state index is 0.0747. The van der Waals surface area contributed by atoms with E-state index in [0.29, 0.717) is 5.92 Å². The van der Waals surface area contributed by atoms with Gasteiger partial charge in [0.25, 0.3) is 0 Å². The molecule has 19 heavy (non-hydrogen) atoms. The molecule has 0 aliphatic carbocycles. The lowest BCUT2D eigenvalue weighted by Gasteiger charge is -2.31. The van der Waals surface area contributed by atoms with Crippen LogP contribution in [0.1, 0.15) is 19.8 Å². The number of carboxylic acid groups (broad SMARTS) is 1. The maximum atomic E-state index is 10.6. The molecular formula is C13H21N3O2S. The van der Waals surface area contributed by atoms with Crippen molar-refractivity contribution in [2.24, 2.45) is 5.92 Å². The van der Waals surface area contributed by atoms with E-state index in [1.54, 1.807) is 6.20 Å². The number of imidazole rings is 1. The Morgan fingerprint density at radius 3 is 2.89 bits per heavy atom. The summed E-state index contributed by atoms with van der Waals surface area (Å²) in [5.74, 6) is -0.0392. The number of nitrogens with zero attached hydrogens (tertiary/aromatic N) is 3. The van der Waals surface area contributed by atoms with Gasteiger partial charge in [-0.25, -0.2) is 4.98 Å². The number of hydrogen-bond acceptors (Lipinski definition) is 4. The van der Waals surface area contributed by atoms with Crippen LogP contribution in [0.5, 0.6) is 0 Å². The van der Waals surface area contributed by atoms with Crippen molar-refractivity contribution >= 4 is 17.7 Å². The molecule has 1 fully saturated rings. The molecular weight excluding hydrogens is 262 g/mol. The monoisotopic (exact) mass is 283 g/mol. The maximum Gasteiger partial charge on any atom is 0.313 e. The number of aliphatic carboxylic acids is 1. The van der Waals surface area contributed by atoms with E-state index in [4.69, 9.17) is 5.11 Å². The van der Waals surface area contributed by atoms with Crippen molar-refractivity contribution in [1.82, 2.24) is 14.5 Å². The summed E-state index contributed by atoms with van der Waals surface area (Å²) in [6.45, 7) is 6.65. The number of aromatic nitrogens is 2. The van der Waals surface area contributed by atoms with Gasteiger partial charge in [0.05, 0.1) is 5.75 Å². The normalized spacial score (nSPS) is 17.7. The fourth-order valence-corrected chi connectivity index (χ4v) is 3.15. The highest BCUT2D eigenvalue weighted by Gasteiger charge is 2.19. The zero-order valence-electron chi connectivity index (χ0n) is 11.3. The summed E-state index contributed by atoms with van der Waals surface area (Å²) in [4.78, 5) is 17.3. The number of hydrogen-bond donors (Lipinski definition) is 1. The number of likely N-dealkylation sites (tertiary alicyclic amines) is 1. The maximum absolute atomic E-state index is 10.6. The molecule has 0 unspecified atom stereocenters. The summed E-state index contributed by atoms with van der Waals surface area (Å²) in [5.41, 5.74) is 0. The standard InChI is InChI=1S/C13H21N3O2S/c1-2-15-6-3-11(4-7-15)9-16-8-5-14-13(16)19-10-12(17)18/h5,8,11H,2-4,6-7,9-10H2,1H3,(H,17,18). The lowest BCUT2D eigenvalue weighted by atomic mass is 9.97. The average molecular weight is 283 g/mol. The number of piperidine rings is 1. The van der Waals surface area contributed by atoms with Crippen LogP contribution in [0.25, 0.3) is 0 Å². The Balaban J connectivity index is 1.86. The molecule has 1 aliphatic rings. The van der Waals surface area contributed by atoms with Crippen LogP contribution in [-0.4, -0.2) is 50.9 Å². The van der Waals surface area contributed by atoms with Crippen LogP contribution in [0.15, 0.2) is 17.6 Å². The fraction of sp³-hybridized carbons (Fsp3) is 0.692. The molecule has 6 heteroatoms. The van der Waals surface area contributed by atoms with Gasteiger partial charge in [-0.3, -0.25) is 4.79 Å². The molecule has 0 aromatic carbocycles. The van der Waals surface area contributed by atoms with E-state index in [-0.39, 0.29) is 5.75 Å². The molecule has 1 aromatic rings. The van der Waals surface area contributed by atoms with Crippen molar-refractivity contribution in [2.75, 3.05) is 25.4 Å². The molecule has 1 aromatic heterocycles. The first-order chi connectivity index (χ1) is 9.19. The number of thioether (sulfide) groups is 1. The Kier molecular flexibility index (Phi) is 5.27. The predicted octanol–water partition coefficient (Wildman–Crippen LogP) is 1.79. The van der Waals surface area contributed by atoms with Crippen molar-refractivity contribution in [3.05, 3.63) is 12.4 Å². The first kappa shape index (κ1) is 14.4. The van der Waals surface area contributed by atoms with Crippen LogP contribution in [0.2, 0.25) is 0 Å². The molecule has 0 amide bonds. The van der Waals surface area contributed by atoms with Gasteiger partial charge < -0.3 is 14.6 Å². The van der Waals surface area contributed by atoms with Crippen LogP contribution in [-0.2, 0) is 11.3 Å². The van der Waals surface area contributed by atoms with Crippen LogP contribution >= 0.6 is 11.8 Å². The van der Waals surface area contributed by atoms with Gasteiger partial charge in [0.15, 0.2) is 5.16 Å². The molecule has 0 saturated carbocycles. The Hall–Kier alpha value is -1.01. The predicted molar refractivity (Wildman–Crippen MR) is 75.4 cm³/mol. The van der Waals surface area contributed by atoms with E-state index in [1.165, 1.54) is 37.7 Å². The summed E-state index contributed by atoms with van der Waals surface area (Å²) >= 11 is 1.30. The van der Waals surface area contributed by atoms with Gasteiger partial charge >= 0.3 is 5.97 Å². The van der Waals surface area contributed by atoms with Gasteiger partial charge in [0.2, 0.25) is 0 Å². The second-order valence-electron chi connectivity index (χ2n) is 4.92. The van der Waals surface area contributed by atoms with Crippen LogP contribution in [0.4, 0.5) is 0 Å². The minimum atomic E-state index is -0.796.